The number of aromatic nitrogens is 1. The van der Waals surface area contributed by atoms with Gasteiger partial charge in [0.25, 0.3) is 0 Å². The molecule has 0 N–H and O–H groups in total. The number of benzene rings is 1. The normalized spacial score (nSPS) is 13.1. The molecule has 0 aliphatic carbocycles. The summed E-state index contributed by atoms with van der Waals surface area (Å²) in [5, 5.41) is 2.53. The number of hydrogen-bond acceptors (Lipinski definition) is 9. The van der Waals surface area contributed by atoms with Crippen molar-refractivity contribution in [3.63, 3.8) is 0 Å². The Morgan fingerprint density at radius 3 is 2.27 bits per heavy atom. The molecule has 0 aliphatic heterocycles. The van der Waals surface area contributed by atoms with Crippen molar-refractivity contribution in [2.24, 2.45) is 0 Å². The lowest BCUT2D eigenvalue weighted by Crippen LogP contribution is -2.44. The Labute approximate surface area is 221 Å². The number of fused-ring (bicyclic) bond motifs is 1. The van der Waals surface area contributed by atoms with Gasteiger partial charge in [-0.1, -0.05) is 30.3 Å². The van der Waals surface area contributed by atoms with Crippen molar-refractivity contribution in [3.05, 3.63) is 65.2 Å². The number of sulfone groups is 1. The second-order valence-electron chi connectivity index (χ2n) is 10.5. The smallest absolute Gasteiger partial charge is 0.442 e. The summed E-state index contributed by atoms with van der Waals surface area (Å²) in [5.74, 6) is -0.854. The Bertz CT molecular complexity index is 1340. The first-order valence-corrected chi connectivity index (χ1v) is 14.3. The van der Waals surface area contributed by atoms with Crippen molar-refractivity contribution in [2.75, 3.05) is 5.75 Å². The van der Waals surface area contributed by atoms with Gasteiger partial charge in [0.2, 0.25) is 0 Å². The fraction of sp³-hybridized carbons (Fsp3) is 0.423. The zero-order valence-corrected chi connectivity index (χ0v) is 23.4. The first kappa shape index (κ1) is 28.4. The molecule has 0 bridgehead atoms. The number of amides is 1. The predicted octanol–water partition coefficient (Wildman–Crippen LogP) is 6.06. The van der Waals surface area contributed by atoms with Gasteiger partial charge < -0.3 is 9.47 Å². The number of hydrogen-bond donors (Lipinski definition) is 0. The molecule has 11 heteroatoms. The predicted molar refractivity (Wildman–Crippen MR) is 142 cm³/mol. The number of pyridine rings is 1. The molecule has 9 nitrogen and oxygen atoms in total. The van der Waals surface area contributed by atoms with E-state index in [0.717, 1.165) is 10.2 Å². The number of carbonyl (C=O) groups is 2. The van der Waals surface area contributed by atoms with E-state index in [1.807, 2.05) is 11.4 Å². The second-order valence-corrected chi connectivity index (χ2v) is 13.5. The molecule has 0 aliphatic rings. The number of hydroxylamine groups is 2. The Hall–Kier alpha value is -3.18. The van der Waals surface area contributed by atoms with Crippen LogP contribution in [0.4, 0.5) is 9.59 Å². The van der Waals surface area contributed by atoms with Crippen LogP contribution in [0.5, 0.6) is 0 Å². The summed E-state index contributed by atoms with van der Waals surface area (Å²) in [7, 11) is -3.84. The molecular formula is C26H32N2O7S2. The maximum absolute atomic E-state index is 13.4. The van der Waals surface area contributed by atoms with Gasteiger partial charge >= 0.3 is 12.2 Å². The maximum Gasteiger partial charge on any atom is 0.534 e. The van der Waals surface area contributed by atoms with Crippen LogP contribution in [-0.4, -0.2) is 47.7 Å². The number of ether oxygens (including phenoxy) is 2. The van der Waals surface area contributed by atoms with Gasteiger partial charge in [-0.2, -0.15) is 0 Å². The molecule has 3 aromatic rings. The largest absolute Gasteiger partial charge is 0.534 e. The average molecular weight is 549 g/mol. The highest BCUT2D eigenvalue weighted by Gasteiger charge is 2.37. The number of thiophene rings is 1. The van der Waals surface area contributed by atoms with Crippen LogP contribution in [0.15, 0.2) is 54.0 Å². The molecule has 0 spiro atoms. The second kappa shape index (κ2) is 11.1. The molecule has 2 aromatic heterocycles. The van der Waals surface area contributed by atoms with Crippen LogP contribution in [-0.2, 0) is 29.9 Å². The molecule has 0 unspecified atom stereocenters. The van der Waals surface area contributed by atoms with E-state index in [0.29, 0.717) is 16.2 Å². The first-order chi connectivity index (χ1) is 17.1. The van der Waals surface area contributed by atoms with Crippen LogP contribution in [0.25, 0.3) is 10.2 Å². The van der Waals surface area contributed by atoms with Crippen molar-refractivity contribution in [1.29, 1.82) is 0 Å². The third kappa shape index (κ3) is 8.71. The molecule has 0 fully saturated rings. The van der Waals surface area contributed by atoms with Crippen molar-refractivity contribution < 1.29 is 32.3 Å². The quantitative estimate of drug-likeness (QED) is 0.270. The van der Waals surface area contributed by atoms with E-state index >= 15 is 0 Å². The molecule has 1 amide bonds. The summed E-state index contributed by atoms with van der Waals surface area (Å²) in [6, 6.07) is 10.9. The molecule has 0 radical (unpaired) electrons. The van der Waals surface area contributed by atoms with Crippen molar-refractivity contribution in [3.8, 4) is 0 Å². The highest BCUT2D eigenvalue weighted by molar-refractivity contribution is 7.90. The fourth-order valence-corrected chi connectivity index (χ4v) is 5.77. The molecule has 2 heterocycles. The van der Waals surface area contributed by atoms with Gasteiger partial charge in [-0.15, -0.1) is 16.4 Å². The van der Waals surface area contributed by atoms with E-state index in [1.54, 1.807) is 77.9 Å². The standard InChI is InChI=1S/C26H32N2O7S2/c1-25(2,3)33-23(29)28(35-24(30)34-26(4,5)6)21(19-10-8-7-9-11-19)17-37(31,32)16-18-14-22-20(27-15-18)12-13-36-22/h7-15,21H,16-17H2,1-6H3/t21-/m1/s1. The minimum atomic E-state index is -3.84. The molecule has 0 saturated carbocycles. The molecular weight excluding hydrogens is 516 g/mol. The van der Waals surface area contributed by atoms with E-state index in [2.05, 4.69) is 4.98 Å². The Morgan fingerprint density at radius 2 is 1.65 bits per heavy atom. The van der Waals surface area contributed by atoms with Crippen LogP contribution >= 0.6 is 11.3 Å². The lowest BCUT2D eigenvalue weighted by Gasteiger charge is -2.32. The lowest BCUT2D eigenvalue weighted by molar-refractivity contribution is -0.153. The summed E-state index contributed by atoms with van der Waals surface area (Å²) in [6.45, 7) is 9.88. The molecule has 1 aromatic carbocycles. The van der Waals surface area contributed by atoms with Gasteiger partial charge in [0.15, 0.2) is 9.84 Å². The third-order valence-electron chi connectivity index (χ3n) is 4.76. The summed E-state index contributed by atoms with van der Waals surface area (Å²) >= 11 is 1.47. The molecule has 3 rings (SSSR count). The van der Waals surface area contributed by atoms with Gasteiger partial charge in [0.1, 0.15) is 17.2 Å². The van der Waals surface area contributed by atoms with Crippen molar-refractivity contribution in [1.82, 2.24) is 10.0 Å². The Morgan fingerprint density at radius 1 is 1.00 bits per heavy atom. The topological polar surface area (TPSA) is 112 Å². The summed E-state index contributed by atoms with van der Waals surface area (Å²) in [6.07, 6.45) is -0.666. The minimum absolute atomic E-state index is 0.314. The van der Waals surface area contributed by atoms with Gasteiger partial charge in [0.05, 0.1) is 21.7 Å². The van der Waals surface area contributed by atoms with Crippen LogP contribution in [0, 0.1) is 0 Å². The summed E-state index contributed by atoms with van der Waals surface area (Å²) in [5.41, 5.74) is -0.103. The molecule has 0 saturated heterocycles. The van der Waals surface area contributed by atoms with Crippen LogP contribution in [0.2, 0.25) is 0 Å². The SMILES string of the molecule is CC(C)(C)OC(=O)ON(C(=O)OC(C)(C)C)[C@H](CS(=O)(=O)Cc1cnc2ccsc2c1)c1ccccc1. The van der Waals surface area contributed by atoms with E-state index in [-0.39, 0.29) is 5.75 Å². The summed E-state index contributed by atoms with van der Waals surface area (Å²) < 4.78 is 38.4. The minimum Gasteiger partial charge on any atom is -0.442 e. The van der Waals surface area contributed by atoms with Gasteiger partial charge in [0, 0.05) is 6.20 Å². The molecule has 37 heavy (non-hydrogen) atoms. The Balaban J connectivity index is 1.96. The fourth-order valence-electron chi connectivity index (χ4n) is 3.38. The van der Waals surface area contributed by atoms with E-state index in [4.69, 9.17) is 14.3 Å². The third-order valence-corrected chi connectivity index (χ3v) is 7.21. The summed E-state index contributed by atoms with van der Waals surface area (Å²) in [4.78, 5) is 35.4. The maximum atomic E-state index is 13.4. The van der Waals surface area contributed by atoms with Gasteiger partial charge in [-0.05, 0) is 70.2 Å². The van der Waals surface area contributed by atoms with Crippen molar-refractivity contribution >= 4 is 43.6 Å². The van der Waals surface area contributed by atoms with Crippen molar-refractivity contribution in [2.45, 2.75) is 64.5 Å². The number of carbonyl (C=O) groups excluding carboxylic acids is 2. The molecule has 1 atom stereocenters. The van der Waals surface area contributed by atoms with E-state index in [9.17, 15) is 18.0 Å². The van der Waals surface area contributed by atoms with E-state index in [1.165, 1.54) is 17.5 Å². The van der Waals surface area contributed by atoms with Gasteiger partial charge in [-0.3, -0.25) is 9.82 Å². The number of nitrogens with zero attached hydrogens (tertiary/aromatic N) is 2. The average Bonchev–Trinajstić information content (AvgIpc) is 3.22. The number of rotatable bonds is 6. The molecule has 200 valence electrons. The highest BCUT2D eigenvalue weighted by atomic mass is 32.2. The zero-order valence-electron chi connectivity index (χ0n) is 21.8. The van der Waals surface area contributed by atoms with Gasteiger partial charge in [-0.25, -0.2) is 18.0 Å². The monoisotopic (exact) mass is 548 g/mol. The zero-order chi connectivity index (χ0) is 27.4. The Kier molecular flexibility index (Phi) is 8.49. The van der Waals surface area contributed by atoms with Crippen LogP contribution < -0.4 is 0 Å². The van der Waals surface area contributed by atoms with E-state index < -0.39 is 45.1 Å². The lowest BCUT2D eigenvalue weighted by atomic mass is 10.1. The van der Waals surface area contributed by atoms with Crippen LogP contribution in [0.3, 0.4) is 0 Å². The van der Waals surface area contributed by atoms with Crippen LogP contribution in [0.1, 0.15) is 58.7 Å². The first-order valence-electron chi connectivity index (χ1n) is 11.6. The highest BCUT2D eigenvalue weighted by Crippen LogP contribution is 2.28.